The predicted molar refractivity (Wildman–Crippen MR) is 85.8 cm³/mol. The third-order valence-electron chi connectivity index (χ3n) is 3.68. The predicted octanol–water partition coefficient (Wildman–Crippen LogP) is 2.59. The van der Waals surface area contributed by atoms with Crippen LogP contribution in [0.2, 0.25) is 0 Å². The lowest BCUT2D eigenvalue weighted by Crippen LogP contribution is -2.32. The summed E-state index contributed by atoms with van der Waals surface area (Å²) in [5.74, 6) is 0. The molecule has 1 aliphatic rings. The Morgan fingerprint density at radius 2 is 2.35 bits per heavy atom. The zero-order valence-corrected chi connectivity index (χ0v) is 13.7. The van der Waals surface area contributed by atoms with Crippen LogP contribution in [-0.2, 0) is 6.42 Å². The number of hydrogen-bond donors (Lipinski definition) is 0. The Kier molecular flexibility index (Phi) is 4.05. The van der Waals surface area contributed by atoms with Gasteiger partial charge in [0.05, 0.1) is 0 Å². The minimum absolute atomic E-state index is 0.0856. The summed E-state index contributed by atoms with van der Waals surface area (Å²) in [7, 11) is 0. The van der Waals surface area contributed by atoms with Crippen LogP contribution >= 0.6 is 27.3 Å². The first kappa shape index (κ1) is 14.0. The van der Waals surface area contributed by atoms with E-state index in [1.807, 2.05) is 12.3 Å². The fraction of sp³-hybridized carbons (Fsp3) is 0.429. The van der Waals surface area contributed by atoms with E-state index >= 15 is 0 Å². The number of nitrogens with zero attached hydrogens (tertiary/aromatic N) is 3. The van der Waals surface area contributed by atoms with Crippen LogP contribution in [-0.4, -0.2) is 33.9 Å². The third kappa shape index (κ3) is 2.73. The summed E-state index contributed by atoms with van der Waals surface area (Å²) in [5, 5.41) is 1.90. The van der Waals surface area contributed by atoms with Crippen LogP contribution in [0.4, 0.5) is 0 Å². The lowest BCUT2D eigenvalue weighted by atomic mass is 10.1. The number of aromatic nitrogens is 2. The summed E-state index contributed by atoms with van der Waals surface area (Å²) < 4.78 is 2.94. The zero-order valence-electron chi connectivity index (χ0n) is 11.3. The van der Waals surface area contributed by atoms with Gasteiger partial charge in [0.15, 0.2) is 4.96 Å². The molecule has 4 nitrogen and oxygen atoms in total. The molecule has 0 unspecified atom stereocenters. The van der Waals surface area contributed by atoms with Gasteiger partial charge >= 0.3 is 0 Å². The van der Waals surface area contributed by atoms with E-state index in [2.05, 4.69) is 31.9 Å². The van der Waals surface area contributed by atoms with Crippen molar-refractivity contribution in [2.45, 2.75) is 19.8 Å². The van der Waals surface area contributed by atoms with Crippen LogP contribution in [0.3, 0.4) is 0 Å². The highest BCUT2D eigenvalue weighted by molar-refractivity contribution is 9.11. The summed E-state index contributed by atoms with van der Waals surface area (Å²) in [6, 6.07) is 0. The lowest BCUT2D eigenvalue weighted by Gasteiger charge is -2.24. The second-order valence-corrected chi connectivity index (χ2v) is 6.88. The number of halogens is 1. The van der Waals surface area contributed by atoms with Crippen molar-refractivity contribution in [1.29, 1.82) is 0 Å². The second kappa shape index (κ2) is 5.79. The van der Waals surface area contributed by atoms with Gasteiger partial charge in [-0.3, -0.25) is 14.1 Å². The Morgan fingerprint density at radius 3 is 3.10 bits per heavy atom. The van der Waals surface area contributed by atoms with E-state index in [9.17, 15) is 4.79 Å². The Hall–Kier alpha value is -0.980. The van der Waals surface area contributed by atoms with E-state index in [0.717, 1.165) is 48.7 Å². The van der Waals surface area contributed by atoms with Gasteiger partial charge in [-0.15, -0.1) is 11.3 Å². The van der Waals surface area contributed by atoms with E-state index in [-0.39, 0.29) is 5.56 Å². The molecule has 3 rings (SSSR count). The molecule has 3 heterocycles. The van der Waals surface area contributed by atoms with Crippen LogP contribution in [0.5, 0.6) is 0 Å². The summed E-state index contributed by atoms with van der Waals surface area (Å²) in [4.78, 5) is 20.1. The number of hydrogen-bond acceptors (Lipinski definition) is 4. The van der Waals surface area contributed by atoms with E-state index in [1.54, 1.807) is 10.6 Å². The first-order valence-corrected chi connectivity index (χ1v) is 8.34. The molecule has 6 heteroatoms. The monoisotopic (exact) mass is 353 g/mol. The Balaban J connectivity index is 1.79. The van der Waals surface area contributed by atoms with Crippen LogP contribution < -0.4 is 5.56 Å². The average molecular weight is 354 g/mol. The molecule has 0 atom stereocenters. The number of fused-ring (bicyclic) bond motifs is 1. The summed E-state index contributed by atoms with van der Waals surface area (Å²) >= 11 is 5.03. The molecular weight excluding hydrogens is 338 g/mol. The largest absolute Gasteiger partial charge is 0.299 e. The summed E-state index contributed by atoms with van der Waals surface area (Å²) in [6.45, 7) is 4.84. The van der Waals surface area contributed by atoms with Crippen molar-refractivity contribution in [2.75, 3.05) is 19.6 Å². The molecule has 20 heavy (non-hydrogen) atoms. The molecule has 0 N–H and O–H groups in total. The second-order valence-electron chi connectivity index (χ2n) is 4.99. The fourth-order valence-corrected chi connectivity index (χ4v) is 3.54. The molecule has 2 aromatic rings. The van der Waals surface area contributed by atoms with Gasteiger partial charge in [-0.1, -0.05) is 22.0 Å². The SMILES string of the molecule is Cc1nc2sccn2c(=O)c1CCN1CC=C(Br)CC1. The molecule has 0 aliphatic carbocycles. The average Bonchev–Trinajstić information content (AvgIpc) is 2.89. The Bertz CT molecular complexity index is 719. The number of rotatable bonds is 3. The van der Waals surface area contributed by atoms with Crippen molar-refractivity contribution in [1.82, 2.24) is 14.3 Å². The van der Waals surface area contributed by atoms with Crippen LogP contribution in [0.25, 0.3) is 4.96 Å². The summed E-state index contributed by atoms with van der Waals surface area (Å²) in [5.41, 5.74) is 1.79. The molecule has 0 fully saturated rings. The van der Waals surface area contributed by atoms with Gasteiger partial charge < -0.3 is 0 Å². The van der Waals surface area contributed by atoms with E-state index in [0.29, 0.717) is 0 Å². The third-order valence-corrected chi connectivity index (χ3v) is 5.16. The van der Waals surface area contributed by atoms with Crippen molar-refractivity contribution in [3.05, 3.63) is 43.7 Å². The lowest BCUT2D eigenvalue weighted by molar-refractivity contribution is 0.301. The van der Waals surface area contributed by atoms with E-state index in [1.165, 1.54) is 15.8 Å². The molecule has 0 spiro atoms. The maximum Gasteiger partial charge on any atom is 0.261 e. The molecule has 0 bridgehead atoms. The van der Waals surface area contributed by atoms with E-state index < -0.39 is 0 Å². The van der Waals surface area contributed by atoms with Gasteiger partial charge in [-0.25, -0.2) is 4.98 Å². The van der Waals surface area contributed by atoms with Crippen molar-refractivity contribution >= 4 is 32.2 Å². The minimum Gasteiger partial charge on any atom is -0.299 e. The standard InChI is InChI=1S/C14H16BrN3OS/c1-10-12(4-7-17-5-2-11(15)3-6-17)13(19)18-8-9-20-14(18)16-10/h2,8-9H,3-7H2,1H3. The molecular formula is C14H16BrN3OS. The number of thiazole rings is 1. The molecule has 0 saturated heterocycles. The van der Waals surface area contributed by atoms with Gasteiger partial charge in [-0.05, 0) is 24.2 Å². The van der Waals surface area contributed by atoms with E-state index in [4.69, 9.17) is 0 Å². The normalized spacial score (nSPS) is 16.6. The summed E-state index contributed by atoms with van der Waals surface area (Å²) in [6.07, 6.45) is 5.82. The maximum absolute atomic E-state index is 12.4. The van der Waals surface area contributed by atoms with Gasteiger partial charge in [0, 0.05) is 42.5 Å². The highest BCUT2D eigenvalue weighted by Gasteiger charge is 2.14. The maximum atomic E-state index is 12.4. The fourth-order valence-electron chi connectivity index (χ4n) is 2.47. The minimum atomic E-state index is 0.0856. The quantitative estimate of drug-likeness (QED) is 0.850. The smallest absolute Gasteiger partial charge is 0.261 e. The zero-order chi connectivity index (χ0) is 14.1. The number of aryl methyl sites for hydroxylation is 1. The Morgan fingerprint density at radius 1 is 1.50 bits per heavy atom. The van der Waals surface area contributed by atoms with Crippen molar-refractivity contribution < 1.29 is 0 Å². The van der Waals surface area contributed by atoms with Gasteiger partial charge in [-0.2, -0.15) is 0 Å². The molecule has 0 saturated carbocycles. The molecule has 2 aromatic heterocycles. The first-order valence-electron chi connectivity index (χ1n) is 6.67. The molecule has 106 valence electrons. The molecule has 0 radical (unpaired) electrons. The molecule has 1 aliphatic heterocycles. The van der Waals surface area contributed by atoms with Gasteiger partial charge in [0.25, 0.3) is 5.56 Å². The first-order chi connectivity index (χ1) is 9.65. The highest BCUT2D eigenvalue weighted by Crippen LogP contribution is 2.16. The van der Waals surface area contributed by atoms with Crippen LogP contribution in [0.1, 0.15) is 17.7 Å². The van der Waals surface area contributed by atoms with Gasteiger partial charge in [0.2, 0.25) is 0 Å². The van der Waals surface area contributed by atoms with Crippen LogP contribution in [0.15, 0.2) is 26.9 Å². The molecule has 0 aromatic carbocycles. The van der Waals surface area contributed by atoms with Crippen molar-refractivity contribution in [2.24, 2.45) is 0 Å². The molecule has 0 amide bonds. The van der Waals surface area contributed by atoms with Crippen molar-refractivity contribution in [3.63, 3.8) is 0 Å². The van der Waals surface area contributed by atoms with Crippen LogP contribution in [0, 0.1) is 6.92 Å². The van der Waals surface area contributed by atoms with Crippen molar-refractivity contribution in [3.8, 4) is 0 Å². The topological polar surface area (TPSA) is 37.6 Å². The Labute approximate surface area is 129 Å². The highest BCUT2D eigenvalue weighted by atomic mass is 79.9. The van der Waals surface area contributed by atoms with Gasteiger partial charge in [0.1, 0.15) is 0 Å².